The highest BCUT2D eigenvalue weighted by molar-refractivity contribution is 7.99. The first-order valence-corrected chi connectivity index (χ1v) is 32.6. The first-order valence-electron chi connectivity index (χ1n) is 26.9. The van der Waals surface area contributed by atoms with Gasteiger partial charge in [0.05, 0.1) is 51.1 Å². The quantitative estimate of drug-likeness (QED) is 0.0423. The van der Waals surface area contributed by atoms with Crippen molar-refractivity contribution in [3.63, 3.8) is 0 Å². The van der Waals surface area contributed by atoms with Gasteiger partial charge in [0.2, 0.25) is 0 Å². The van der Waals surface area contributed by atoms with Gasteiger partial charge in [-0.25, -0.2) is 19.8 Å². The number of anilines is 2. The Labute approximate surface area is 482 Å². The van der Waals surface area contributed by atoms with Gasteiger partial charge < -0.3 is 9.97 Å². The van der Waals surface area contributed by atoms with Gasteiger partial charge in [-0.1, -0.05) is 92.1 Å². The molecule has 13 rings (SSSR count). The molecule has 4 amide bonds. The van der Waals surface area contributed by atoms with Gasteiger partial charge in [-0.15, -0.1) is 23.5 Å². The van der Waals surface area contributed by atoms with Crippen LogP contribution in [-0.2, 0) is 0 Å². The average molecular weight is 1120 g/mol. The summed E-state index contributed by atoms with van der Waals surface area (Å²) in [7, 11) is -1.15. The minimum atomic E-state index is -1.15. The van der Waals surface area contributed by atoms with Gasteiger partial charge in [-0.05, 0) is 144 Å². The third-order valence-corrected chi connectivity index (χ3v) is 19.0. The van der Waals surface area contributed by atoms with E-state index in [4.69, 9.17) is 15.2 Å². The molecule has 9 aromatic rings. The minimum Gasteiger partial charge on any atom is -0.354 e. The second-order valence-electron chi connectivity index (χ2n) is 21.4. The molecule has 0 saturated heterocycles. The van der Waals surface area contributed by atoms with Crippen molar-refractivity contribution in [3.05, 3.63) is 214 Å². The molecule has 4 aliphatic heterocycles. The van der Waals surface area contributed by atoms with Gasteiger partial charge in [-0.3, -0.25) is 19.2 Å². The lowest BCUT2D eigenvalue weighted by molar-refractivity contribution is 0.0873. The summed E-state index contributed by atoms with van der Waals surface area (Å²) in [6, 6.07) is 52.8. The van der Waals surface area contributed by atoms with Crippen LogP contribution in [0.4, 0.5) is 11.4 Å². The number of carbonyl (C=O) groups is 4. The summed E-state index contributed by atoms with van der Waals surface area (Å²) < 4.78 is 0. The number of nitrogens with one attached hydrogen (secondary N) is 2. The second kappa shape index (κ2) is 21.1. The van der Waals surface area contributed by atoms with Crippen molar-refractivity contribution in [3.8, 4) is 40.2 Å². The Morgan fingerprint density at radius 2 is 0.951 bits per heavy atom. The summed E-state index contributed by atoms with van der Waals surface area (Å²) in [5.74, 6) is 6.26. The van der Waals surface area contributed by atoms with Crippen molar-refractivity contribution in [1.29, 1.82) is 5.26 Å². The van der Waals surface area contributed by atoms with E-state index in [9.17, 15) is 9.59 Å². The Hall–Kier alpha value is -9.57. The first-order chi connectivity index (χ1) is 39.9. The lowest BCUT2D eigenvalue weighted by atomic mass is 9.85. The van der Waals surface area contributed by atoms with E-state index in [-0.39, 0.29) is 38.7 Å². The van der Waals surface area contributed by atoms with E-state index in [2.05, 4.69) is 71.8 Å². The lowest BCUT2D eigenvalue weighted by Gasteiger charge is -2.32. The number of fused-ring (bicyclic) bond motifs is 8. The van der Waals surface area contributed by atoms with Gasteiger partial charge in [0.1, 0.15) is 5.69 Å². The minimum absolute atomic E-state index is 0.153. The number of rotatable bonds is 11. The molecule has 396 valence electrons. The largest absolute Gasteiger partial charge is 0.354 e. The summed E-state index contributed by atoms with van der Waals surface area (Å²) >= 11 is 3.39. The van der Waals surface area contributed by atoms with E-state index in [1.54, 1.807) is 36.4 Å². The number of nitrogens with zero attached hydrogens (tertiary/aromatic N) is 5. The molecule has 2 N–H and O–H groups in total. The first kappa shape index (κ1) is 51.8. The fraction of sp³-hybridized carbons (Fsp3) is 0.103. The number of hydrogen-bond donors (Lipinski definition) is 2. The van der Waals surface area contributed by atoms with E-state index in [0.29, 0.717) is 57.2 Å². The zero-order valence-corrected chi connectivity index (χ0v) is 47.5. The van der Waals surface area contributed by atoms with Crippen LogP contribution in [0.25, 0.3) is 79.4 Å². The van der Waals surface area contributed by atoms with Crippen molar-refractivity contribution in [2.45, 2.75) is 41.9 Å². The number of imide groups is 2. The van der Waals surface area contributed by atoms with Crippen LogP contribution in [-0.4, -0.2) is 63.1 Å². The smallest absolute Gasteiger partial charge is 0.266 e. The SMILES string of the molecule is C[Si](C)(C)CCSc1ccc(C#Cc2c3nc(c(-c4ccccc4)c4ccc([nH]4)c(N4C(=O)c5ccc6c7c(ccc(c57)C4=O)C(=O)N(c4ccc(SCCC#N)cc4)C6=O)c4nc(c(-c5ccccc5)c5ccc2[nH]5)C=C4)C=C3)cc1. The molecule has 0 radical (unpaired) electrons. The molecule has 82 heavy (non-hydrogen) atoms. The Kier molecular flexibility index (Phi) is 13.4. The summed E-state index contributed by atoms with van der Waals surface area (Å²) in [6.07, 6.45) is 8.08. The van der Waals surface area contributed by atoms with Gasteiger partial charge in [-0.2, -0.15) is 5.26 Å². The predicted molar refractivity (Wildman–Crippen MR) is 335 cm³/mol. The molecule has 0 spiro atoms. The van der Waals surface area contributed by atoms with E-state index in [1.807, 2.05) is 133 Å². The number of carbonyl (C=O) groups excluding carboxylic acids is 4. The summed E-state index contributed by atoms with van der Waals surface area (Å²) in [5, 5.41) is 9.50. The van der Waals surface area contributed by atoms with Crippen molar-refractivity contribution in [2.75, 3.05) is 21.3 Å². The molecule has 0 atom stereocenters. The molecule has 11 nitrogen and oxygen atoms in total. The average Bonchev–Trinajstić information content (AvgIpc) is 1.85. The third kappa shape index (κ3) is 9.46. The van der Waals surface area contributed by atoms with Gasteiger partial charge in [0.15, 0.2) is 0 Å². The standard InChI is InChI=1S/C68H49N7O4S2Si/c1-82(2,3)40-39-81-45-20-15-41(16-21-45)17-24-47-52-29-31-54(70-52)60(42-11-6-4-7-12-42)56-33-35-58(72-56)64(59-36-34-57(73-59)61(43-13-8-5-9-14-43)55-32-30-53(47)71-55)75-67(78)50-27-25-48-62-49(26-28-51(63(50)62)68(75)79)66(77)74(65(48)76)44-18-22-46(23-19-44)80-38-10-37-69/h4-9,11-16,18-23,25-36,70,73H,10,38-40H2,1-3H3. The van der Waals surface area contributed by atoms with Crippen LogP contribution >= 0.6 is 23.5 Å². The normalized spacial score (nSPS) is 13.4. The molecule has 0 unspecified atom stereocenters. The Morgan fingerprint density at radius 1 is 0.488 bits per heavy atom. The second-order valence-corrected chi connectivity index (χ2v) is 29.3. The number of thioether (sulfide) groups is 2. The number of aromatic amines is 2. The molecule has 0 fully saturated rings. The summed E-state index contributed by atoms with van der Waals surface area (Å²) in [5.41, 5.74) is 11.0. The van der Waals surface area contributed by atoms with Crippen molar-refractivity contribution < 1.29 is 19.2 Å². The molecule has 4 aliphatic rings. The maximum atomic E-state index is 15.5. The van der Waals surface area contributed by atoms with Crippen LogP contribution < -0.4 is 9.80 Å². The fourth-order valence-corrected chi connectivity index (χ4v) is 15.0. The maximum absolute atomic E-state index is 15.5. The molecule has 8 bridgehead atoms. The van der Waals surface area contributed by atoms with Crippen LogP contribution in [0.5, 0.6) is 0 Å². The number of aromatic nitrogens is 4. The van der Waals surface area contributed by atoms with Crippen LogP contribution in [0.15, 0.2) is 168 Å². The Balaban J connectivity index is 0.984. The topological polar surface area (TPSA) is 156 Å². The molecule has 14 heteroatoms. The highest BCUT2D eigenvalue weighted by Crippen LogP contribution is 2.43. The molecule has 0 saturated carbocycles. The van der Waals surface area contributed by atoms with Crippen molar-refractivity contribution in [2.24, 2.45) is 0 Å². The molecule has 7 heterocycles. The molecule has 0 aliphatic carbocycles. The number of amides is 4. The maximum Gasteiger partial charge on any atom is 0.266 e. The van der Waals surface area contributed by atoms with Gasteiger partial charge in [0, 0.05) is 90.8 Å². The highest BCUT2D eigenvalue weighted by Gasteiger charge is 2.42. The van der Waals surface area contributed by atoms with E-state index in [0.717, 1.165) is 59.3 Å². The monoisotopic (exact) mass is 1120 g/mol. The summed E-state index contributed by atoms with van der Waals surface area (Å²) in [6.45, 7) is 7.21. The van der Waals surface area contributed by atoms with E-state index >= 15 is 9.59 Å². The lowest BCUT2D eigenvalue weighted by Crippen LogP contribution is -2.43. The third-order valence-electron chi connectivity index (χ3n) is 14.9. The molecular weight excluding hydrogens is 1070 g/mol. The van der Waals surface area contributed by atoms with Crippen LogP contribution in [0.1, 0.15) is 81.8 Å². The number of benzene rings is 6. The van der Waals surface area contributed by atoms with Crippen LogP contribution in [0.2, 0.25) is 25.7 Å². The van der Waals surface area contributed by atoms with Gasteiger partial charge >= 0.3 is 0 Å². The predicted octanol–water partition coefficient (Wildman–Crippen LogP) is 15.6. The Bertz CT molecular complexity index is 4440. The number of hydrogen-bond acceptors (Lipinski definition) is 9. The van der Waals surface area contributed by atoms with Gasteiger partial charge in [0.25, 0.3) is 23.6 Å². The van der Waals surface area contributed by atoms with E-state index < -0.39 is 31.7 Å². The zero-order chi connectivity index (χ0) is 56.2. The van der Waals surface area contributed by atoms with Crippen LogP contribution in [0.3, 0.4) is 0 Å². The molecular formula is C68H49N7O4S2Si. The number of nitriles is 1. The number of H-pyrrole nitrogens is 2. The molecule has 3 aromatic heterocycles. The van der Waals surface area contributed by atoms with Crippen molar-refractivity contribution in [1.82, 2.24) is 19.9 Å². The fourth-order valence-electron chi connectivity index (χ4n) is 10.8. The highest BCUT2D eigenvalue weighted by atomic mass is 32.2. The zero-order valence-electron chi connectivity index (χ0n) is 44.8. The molecule has 6 aromatic carbocycles. The Morgan fingerprint density at radius 3 is 1.50 bits per heavy atom. The van der Waals surface area contributed by atoms with E-state index in [1.165, 1.54) is 22.7 Å². The summed E-state index contributed by atoms with van der Waals surface area (Å²) in [4.78, 5) is 82.4. The van der Waals surface area contributed by atoms with Crippen LogP contribution in [0, 0.1) is 23.2 Å². The van der Waals surface area contributed by atoms with Crippen molar-refractivity contribution >= 4 is 124 Å².